The van der Waals surface area contributed by atoms with Crippen molar-refractivity contribution < 1.29 is 19.0 Å². The molecule has 33 heavy (non-hydrogen) atoms. The summed E-state index contributed by atoms with van der Waals surface area (Å²) in [7, 11) is 0. The first-order chi connectivity index (χ1) is 15.9. The van der Waals surface area contributed by atoms with E-state index in [1.54, 1.807) is 16.8 Å². The van der Waals surface area contributed by atoms with Gasteiger partial charge in [0.25, 0.3) is 0 Å². The second kappa shape index (κ2) is 11.9. The second-order valence-corrected chi connectivity index (χ2v) is 8.57. The van der Waals surface area contributed by atoms with Crippen molar-refractivity contribution in [3.8, 4) is 17.3 Å². The first kappa shape index (κ1) is 24.9. The van der Waals surface area contributed by atoms with Crippen LogP contribution in [0.4, 0.5) is 4.39 Å². The first-order valence-electron chi connectivity index (χ1n) is 11.4. The summed E-state index contributed by atoms with van der Waals surface area (Å²) in [5.41, 5.74) is 2.63. The highest BCUT2D eigenvalue weighted by molar-refractivity contribution is 5.43. The van der Waals surface area contributed by atoms with Gasteiger partial charge < -0.3 is 14.6 Å². The van der Waals surface area contributed by atoms with Crippen molar-refractivity contribution >= 4 is 0 Å². The SMILES string of the molecule is CCOC[C@@H](O)CN(Cc1c(C)nn(-c2ccccc2)c1Oc1ccc(F)cc1)CC(C)C. The van der Waals surface area contributed by atoms with E-state index in [2.05, 4.69) is 18.7 Å². The van der Waals surface area contributed by atoms with E-state index >= 15 is 0 Å². The quantitative estimate of drug-likeness (QED) is 0.418. The third kappa shape index (κ3) is 7.12. The van der Waals surface area contributed by atoms with Gasteiger partial charge in [0.2, 0.25) is 5.88 Å². The van der Waals surface area contributed by atoms with E-state index in [1.165, 1.54) is 12.1 Å². The van der Waals surface area contributed by atoms with E-state index in [1.807, 2.05) is 44.2 Å². The molecule has 0 unspecified atom stereocenters. The normalized spacial score (nSPS) is 12.5. The van der Waals surface area contributed by atoms with Crippen LogP contribution in [0.3, 0.4) is 0 Å². The lowest BCUT2D eigenvalue weighted by Crippen LogP contribution is -2.37. The lowest BCUT2D eigenvalue weighted by Gasteiger charge is -2.27. The molecule has 0 saturated heterocycles. The molecule has 3 aromatic rings. The number of nitrogens with zero attached hydrogens (tertiary/aromatic N) is 3. The van der Waals surface area contributed by atoms with Gasteiger partial charge in [-0.25, -0.2) is 9.07 Å². The Kier molecular flexibility index (Phi) is 9.00. The molecule has 1 N–H and O–H groups in total. The largest absolute Gasteiger partial charge is 0.439 e. The summed E-state index contributed by atoms with van der Waals surface area (Å²) in [6, 6.07) is 15.7. The van der Waals surface area contributed by atoms with Gasteiger partial charge in [0.1, 0.15) is 11.6 Å². The Labute approximate surface area is 195 Å². The number of aromatic nitrogens is 2. The van der Waals surface area contributed by atoms with Crippen molar-refractivity contribution in [1.29, 1.82) is 0 Å². The van der Waals surface area contributed by atoms with Gasteiger partial charge in [0, 0.05) is 26.2 Å². The number of benzene rings is 2. The van der Waals surface area contributed by atoms with Crippen molar-refractivity contribution in [3.05, 3.63) is 71.7 Å². The number of aryl methyl sites for hydroxylation is 1. The smallest absolute Gasteiger partial charge is 0.227 e. The Morgan fingerprint density at radius 2 is 1.76 bits per heavy atom. The summed E-state index contributed by atoms with van der Waals surface area (Å²) < 4.78 is 26.9. The molecule has 3 rings (SSSR count). The molecule has 0 aliphatic rings. The van der Waals surface area contributed by atoms with Crippen LogP contribution in [-0.4, -0.2) is 52.2 Å². The maximum Gasteiger partial charge on any atom is 0.227 e. The minimum absolute atomic E-state index is 0.298. The van der Waals surface area contributed by atoms with Crippen molar-refractivity contribution in [2.75, 3.05) is 26.3 Å². The Hall–Kier alpha value is -2.74. The van der Waals surface area contributed by atoms with Gasteiger partial charge in [0.05, 0.1) is 29.7 Å². The topological polar surface area (TPSA) is 59.8 Å². The molecule has 1 atom stereocenters. The zero-order valence-electron chi connectivity index (χ0n) is 19.9. The molecule has 1 heterocycles. The molecule has 1 aromatic heterocycles. The van der Waals surface area contributed by atoms with Crippen LogP contribution in [0.1, 0.15) is 32.0 Å². The van der Waals surface area contributed by atoms with E-state index in [0.29, 0.717) is 43.9 Å². The van der Waals surface area contributed by atoms with Crippen LogP contribution in [0, 0.1) is 18.7 Å². The minimum atomic E-state index is -0.588. The maximum atomic E-state index is 13.4. The lowest BCUT2D eigenvalue weighted by molar-refractivity contribution is 0.0173. The van der Waals surface area contributed by atoms with Gasteiger partial charge in [-0.1, -0.05) is 32.0 Å². The molecular weight excluding hydrogens is 421 g/mol. The predicted octanol–water partition coefficient (Wildman–Crippen LogP) is 4.97. The van der Waals surface area contributed by atoms with Crippen LogP contribution < -0.4 is 4.74 Å². The van der Waals surface area contributed by atoms with E-state index in [4.69, 9.17) is 14.6 Å². The monoisotopic (exact) mass is 455 g/mol. The van der Waals surface area contributed by atoms with E-state index in [9.17, 15) is 9.50 Å². The summed E-state index contributed by atoms with van der Waals surface area (Å²) in [6.07, 6.45) is -0.588. The van der Waals surface area contributed by atoms with Gasteiger partial charge in [-0.05, 0) is 56.2 Å². The molecule has 6 nitrogen and oxygen atoms in total. The highest BCUT2D eigenvalue weighted by Gasteiger charge is 2.23. The third-order valence-corrected chi connectivity index (χ3v) is 5.15. The molecule has 0 saturated carbocycles. The molecule has 0 aliphatic carbocycles. The molecule has 0 fully saturated rings. The average molecular weight is 456 g/mol. The Morgan fingerprint density at radius 3 is 2.39 bits per heavy atom. The first-order valence-corrected chi connectivity index (χ1v) is 11.4. The van der Waals surface area contributed by atoms with Crippen LogP contribution in [0.5, 0.6) is 11.6 Å². The Morgan fingerprint density at radius 1 is 1.06 bits per heavy atom. The van der Waals surface area contributed by atoms with Crippen LogP contribution >= 0.6 is 0 Å². The van der Waals surface area contributed by atoms with Crippen molar-refractivity contribution in [1.82, 2.24) is 14.7 Å². The van der Waals surface area contributed by atoms with Gasteiger partial charge in [-0.3, -0.25) is 4.90 Å². The highest BCUT2D eigenvalue weighted by atomic mass is 19.1. The average Bonchev–Trinajstić information content (AvgIpc) is 3.09. The number of para-hydroxylation sites is 1. The second-order valence-electron chi connectivity index (χ2n) is 8.57. The molecule has 0 amide bonds. The maximum absolute atomic E-state index is 13.4. The molecule has 178 valence electrons. The van der Waals surface area contributed by atoms with Crippen molar-refractivity contribution in [2.24, 2.45) is 5.92 Å². The molecule has 2 aromatic carbocycles. The van der Waals surface area contributed by atoms with Gasteiger partial charge in [0.15, 0.2) is 0 Å². The van der Waals surface area contributed by atoms with Gasteiger partial charge in [-0.15, -0.1) is 0 Å². The fourth-order valence-electron chi connectivity index (χ4n) is 3.73. The fraction of sp³-hybridized carbons (Fsp3) is 0.423. The van der Waals surface area contributed by atoms with E-state index in [-0.39, 0.29) is 5.82 Å². The summed E-state index contributed by atoms with van der Waals surface area (Å²) in [5.74, 6) is 1.21. The van der Waals surface area contributed by atoms with Crippen molar-refractivity contribution in [3.63, 3.8) is 0 Å². The predicted molar refractivity (Wildman–Crippen MR) is 127 cm³/mol. The van der Waals surface area contributed by atoms with Crippen LogP contribution in [0.25, 0.3) is 5.69 Å². The third-order valence-electron chi connectivity index (χ3n) is 5.15. The molecule has 0 spiro atoms. The molecular formula is C26H34FN3O3. The number of hydrogen-bond acceptors (Lipinski definition) is 5. The number of hydrogen-bond donors (Lipinski definition) is 1. The van der Waals surface area contributed by atoms with E-state index in [0.717, 1.165) is 23.5 Å². The summed E-state index contributed by atoms with van der Waals surface area (Å²) in [5, 5.41) is 15.2. The number of halogens is 1. The molecule has 0 radical (unpaired) electrons. The molecule has 0 aliphatic heterocycles. The van der Waals surface area contributed by atoms with Gasteiger partial charge in [-0.2, -0.15) is 5.10 Å². The number of aliphatic hydroxyl groups excluding tert-OH is 1. The molecule has 0 bridgehead atoms. The van der Waals surface area contributed by atoms with Crippen LogP contribution in [-0.2, 0) is 11.3 Å². The van der Waals surface area contributed by atoms with Crippen LogP contribution in [0.2, 0.25) is 0 Å². The summed E-state index contributed by atoms with van der Waals surface area (Å²) >= 11 is 0. The highest BCUT2D eigenvalue weighted by Crippen LogP contribution is 2.32. The lowest BCUT2D eigenvalue weighted by atomic mass is 10.1. The standard InChI is InChI=1S/C26H34FN3O3/c1-5-32-18-23(31)16-29(15-19(2)3)17-25-20(4)28-30(22-9-7-6-8-10-22)26(25)33-24-13-11-21(27)12-14-24/h6-14,19,23,31H,5,15-18H2,1-4H3/t23-/m0/s1. The minimum Gasteiger partial charge on any atom is -0.439 e. The zero-order valence-corrected chi connectivity index (χ0v) is 19.9. The summed E-state index contributed by atoms with van der Waals surface area (Å²) in [6.45, 7) is 10.9. The van der Waals surface area contributed by atoms with Gasteiger partial charge >= 0.3 is 0 Å². The number of ether oxygens (including phenoxy) is 2. The zero-order chi connectivity index (χ0) is 23.8. The Bertz CT molecular complexity index is 990. The Balaban J connectivity index is 1.96. The van der Waals surface area contributed by atoms with Crippen LogP contribution in [0.15, 0.2) is 54.6 Å². The van der Waals surface area contributed by atoms with Crippen molar-refractivity contribution in [2.45, 2.75) is 40.3 Å². The van der Waals surface area contributed by atoms with E-state index < -0.39 is 6.10 Å². The summed E-state index contributed by atoms with van der Waals surface area (Å²) in [4.78, 5) is 2.20. The number of rotatable bonds is 12. The molecule has 7 heteroatoms. The fourth-order valence-corrected chi connectivity index (χ4v) is 3.73. The number of aliphatic hydroxyl groups is 1.